The summed E-state index contributed by atoms with van der Waals surface area (Å²) in [6.45, 7) is 3.99. The highest BCUT2D eigenvalue weighted by atomic mass is 79.9. The number of halogens is 2. The van der Waals surface area contributed by atoms with E-state index in [2.05, 4.69) is 15.9 Å². The van der Waals surface area contributed by atoms with Crippen LogP contribution in [0.25, 0.3) is 0 Å². The van der Waals surface area contributed by atoms with Gasteiger partial charge in [-0.2, -0.15) is 0 Å². The molecule has 7 heteroatoms. The van der Waals surface area contributed by atoms with Crippen molar-refractivity contribution < 1.29 is 13.2 Å². The second-order valence-electron chi connectivity index (χ2n) is 3.84. The van der Waals surface area contributed by atoms with Crippen molar-refractivity contribution in [1.82, 2.24) is 4.90 Å². The van der Waals surface area contributed by atoms with Crippen LogP contribution >= 0.6 is 26.6 Å². The molecule has 0 saturated carbocycles. The van der Waals surface area contributed by atoms with Crippen molar-refractivity contribution in [3.63, 3.8) is 0 Å². The summed E-state index contributed by atoms with van der Waals surface area (Å²) in [5.74, 6) is -0.250. The summed E-state index contributed by atoms with van der Waals surface area (Å²) in [5, 5.41) is 0. The third-order valence-electron chi connectivity index (χ3n) is 2.63. The lowest BCUT2D eigenvalue weighted by atomic mass is 10.1. The van der Waals surface area contributed by atoms with Crippen LogP contribution < -0.4 is 0 Å². The Kier molecular flexibility index (Phi) is 4.80. The molecule has 0 aliphatic carbocycles. The third kappa shape index (κ3) is 3.24. The highest BCUT2D eigenvalue weighted by Crippen LogP contribution is 2.28. The second kappa shape index (κ2) is 5.59. The van der Waals surface area contributed by atoms with Crippen LogP contribution in [0.15, 0.2) is 21.5 Å². The van der Waals surface area contributed by atoms with Gasteiger partial charge in [0.1, 0.15) is 0 Å². The molecule has 100 valence electrons. The Morgan fingerprint density at radius 3 is 2.44 bits per heavy atom. The van der Waals surface area contributed by atoms with Gasteiger partial charge in [0.2, 0.25) is 0 Å². The van der Waals surface area contributed by atoms with E-state index in [1.54, 1.807) is 20.0 Å². The van der Waals surface area contributed by atoms with Crippen molar-refractivity contribution in [3.05, 3.63) is 27.7 Å². The zero-order valence-corrected chi connectivity index (χ0v) is 13.4. The van der Waals surface area contributed by atoms with E-state index in [-0.39, 0.29) is 16.4 Å². The Hall–Kier alpha value is -0.590. The molecule has 0 heterocycles. The zero-order valence-electron chi connectivity index (χ0n) is 10.2. The minimum Gasteiger partial charge on any atom is -0.342 e. The molecule has 0 spiro atoms. The monoisotopic (exact) mass is 353 g/mol. The molecule has 1 aromatic carbocycles. The van der Waals surface area contributed by atoms with Gasteiger partial charge < -0.3 is 4.90 Å². The summed E-state index contributed by atoms with van der Waals surface area (Å²) in [6, 6.07) is 2.90. The highest BCUT2D eigenvalue weighted by Gasteiger charge is 2.20. The van der Waals surface area contributed by atoms with Gasteiger partial charge in [0.25, 0.3) is 15.0 Å². The van der Waals surface area contributed by atoms with Gasteiger partial charge in [0.05, 0.1) is 4.90 Å². The summed E-state index contributed by atoms with van der Waals surface area (Å²) < 4.78 is 23.4. The largest absolute Gasteiger partial charge is 0.342 e. The average Bonchev–Trinajstić information content (AvgIpc) is 2.28. The second-order valence-corrected chi connectivity index (χ2v) is 7.23. The Bertz CT molecular complexity index is 586. The van der Waals surface area contributed by atoms with Gasteiger partial charge in [0, 0.05) is 34.3 Å². The summed E-state index contributed by atoms with van der Waals surface area (Å²) in [7, 11) is 3.12. The van der Waals surface area contributed by atoms with Crippen molar-refractivity contribution in [2.75, 3.05) is 13.6 Å². The van der Waals surface area contributed by atoms with E-state index in [1.165, 1.54) is 11.0 Å². The van der Waals surface area contributed by atoms with E-state index in [0.717, 1.165) is 0 Å². The number of nitrogens with zero attached hydrogens (tertiary/aromatic N) is 1. The van der Waals surface area contributed by atoms with E-state index in [4.69, 9.17) is 10.7 Å². The lowest BCUT2D eigenvalue weighted by Gasteiger charge is -2.16. The molecule has 1 aromatic rings. The minimum atomic E-state index is -3.87. The first kappa shape index (κ1) is 15.5. The fourth-order valence-corrected chi connectivity index (χ4v) is 3.21. The zero-order chi connectivity index (χ0) is 14.1. The van der Waals surface area contributed by atoms with Crippen molar-refractivity contribution in [2.45, 2.75) is 18.7 Å². The summed E-state index contributed by atoms with van der Waals surface area (Å²) in [4.78, 5) is 13.4. The number of rotatable bonds is 3. The van der Waals surface area contributed by atoms with Gasteiger partial charge in [0.15, 0.2) is 0 Å². The molecule has 0 N–H and O–H groups in total. The number of amides is 1. The summed E-state index contributed by atoms with van der Waals surface area (Å²) in [6.07, 6.45) is 0. The fourth-order valence-electron chi connectivity index (χ4n) is 1.39. The summed E-state index contributed by atoms with van der Waals surface area (Å²) in [5.41, 5.74) is 0.775. The van der Waals surface area contributed by atoms with Crippen molar-refractivity contribution in [1.29, 1.82) is 0 Å². The van der Waals surface area contributed by atoms with E-state index >= 15 is 0 Å². The van der Waals surface area contributed by atoms with Crippen LogP contribution in [-0.2, 0) is 9.05 Å². The van der Waals surface area contributed by atoms with Gasteiger partial charge in [-0.25, -0.2) is 8.42 Å². The molecule has 0 atom stereocenters. The molecule has 0 unspecified atom stereocenters. The summed E-state index contributed by atoms with van der Waals surface area (Å²) >= 11 is 3.23. The predicted octanol–water partition coefficient (Wildman–Crippen LogP) is 2.78. The molecular weight excluding hydrogens is 342 g/mol. The first-order valence-corrected chi connectivity index (χ1v) is 8.29. The van der Waals surface area contributed by atoms with E-state index in [1.807, 2.05) is 6.92 Å². The standard InChI is InChI=1S/C11H13BrClNO3S/c1-4-14(3)11(15)8-5-9(12)7(2)10(6-8)18(13,16)17/h5-6H,4H2,1-3H3. The Morgan fingerprint density at radius 2 is 2.00 bits per heavy atom. The minimum absolute atomic E-state index is 0.0496. The van der Waals surface area contributed by atoms with Gasteiger partial charge in [-0.1, -0.05) is 15.9 Å². The third-order valence-corrected chi connectivity index (χ3v) is 4.90. The molecule has 1 amide bonds. The molecule has 0 bridgehead atoms. The van der Waals surface area contributed by atoms with Crippen LogP contribution in [0.1, 0.15) is 22.8 Å². The van der Waals surface area contributed by atoms with Gasteiger partial charge in [-0.15, -0.1) is 0 Å². The topological polar surface area (TPSA) is 54.5 Å². The Morgan fingerprint density at radius 1 is 1.44 bits per heavy atom. The molecule has 0 fully saturated rings. The quantitative estimate of drug-likeness (QED) is 0.784. The maximum absolute atomic E-state index is 12.0. The van der Waals surface area contributed by atoms with Crippen molar-refractivity contribution in [3.8, 4) is 0 Å². The van der Waals surface area contributed by atoms with E-state index in [0.29, 0.717) is 16.6 Å². The van der Waals surface area contributed by atoms with Crippen molar-refractivity contribution in [2.24, 2.45) is 0 Å². The maximum atomic E-state index is 12.0. The number of hydrogen-bond donors (Lipinski definition) is 0. The normalized spacial score (nSPS) is 11.4. The van der Waals surface area contributed by atoms with Crippen LogP contribution in [0, 0.1) is 6.92 Å². The first-order chi connectivity index (χ1) is 8.18. The van der Waals surface area contributed by atoms with Crippen molar-refractivity contribution >= 4 is 41.6 Å². The molecule has 1 rings (SSSR count). The highest BCUT2D eigenvalue weighted by molar-refractivity contribution is 9.10. The lowest BCUT2D eigenvalue weighted by Crippen LogP contribution is -2.26. The Labute approximate surface area is 119 Å². The first-order valence-electron chi connectivity index (χ1n) is 5.18. The van der Waals surface area contributed by atoms with Gasteiger partial charge >= 0.3 is 0 Å². The molecule has 0 aliphatic heterocycles. The molecule has 0 aromatic heterocycles. The van der Waals surface area contributed by atoms with Gasteiger partial charge in [-0.3, -0.25) is 4.79 Å². The van der Waals surface area contributed by atoms with Crippen LogP contribution in [0.5, 0.6) is 0 Å². The molecule has 0 aliphatic rings. The number of benzene rings is 1. The number of carbonyl (C=O) groups is 1. The molecule has 18 heavy (non-hydrogen) atoms. The van der Waals surface area contributed by atoms with Gasteiger partial charge in [-0.05, 0) is 31.5 Å². The predicted molar refractivity (Wildman–Crippen MR) is 74.6 cm³/mol. The van der Waals surface area contributed by atoms with Crippen LogP contribution in [0.3, 0.4) is 0 Å². The molecule has 0 saturated heterocycles. The maximum Gasteiger partial charge on any atom is 0.261 e. The van der Waals surface area contributed by atoms with E-state index < -0.39 is 9.05 Å². The molecule has 4 nitrogen and oxygen atoms in total. The number of hydrogen-bond acceptors (Lipinski definition) is 3. The number of carbonyl (C=O) groups excluding carboxylic acids is 1. The van der Waals surface area contributed by atoms with Crippen LogP contribution in [0.4, 0.5) is 0 Å². The lowest BCUT2D eigenvalue weighted by molar-refractivity contribution is 0.0802. The van der Waals surface area contributed by atoms with Crippen LogP contribution in [0.2, 0.25) is 0 Å². The molecule has 0 radical (unpaired) electrons. The SMILES string of the molecule is CCN(C)C(=O)c1cc(Br)c(C)c(S(=O)(=O)Cl)c1. The fraction of sp³-hybridized carbons (Fsp3) is 0.364. The Balaban J connectivity index is 3.43. The van der Waals surface area contributed by atoms with Crippen LogP contribution in [-0.4, -0.2) is 32.8 Å². The smallest absolute Gasteiger partial charge is 0.261 e. The average molecular weight is 355 g/mol. The molecular formula is C11H13BrClNO3S. The van der Waals surface area contributed by atoms with E-state index in [9.17, 15) is 13.2 Å².